The topological polar surface area (TPSA) is 42.7 Å². The second-order valence-electron chi connectivity index (χ2n) is 5.75. The lowest BCUT2D eigenvalue weighted by atomic mass is 10.1. The van der Waals surface area contributed by atoms with Gasteiger partial charge in [0.1, 0.15) is 0 Å². The second kappa shape index (κ2) is 5.42. The highest BCUT2D eigenvalue weighted by molar-refractivity contribution is 7.15. The molecule has 4 nitrogen and oxygen atoms in total. The molecule has 2 rings (SSSR count). The van der Waals surface area contributed by atoms with Crippen LogP contribution in [0.15, 0.2) is 12.4 Å². The monoisotopic (exact) mass is 318 g/mol. The molecule has 0 fully saturated rings. The second-order valence-corrected chi connectivity index (χ2v) is 6.84. The molecule has 0 aliphatic carbocycles. The zero-order chi connectivity index (χ0) is 15.8. The largest absolute Gasteiger partial charge is 0.434 e. The Labute approximate surface area is 125 Å². The average molecular weight is 318 g/mol. The maximum Gasteiger partial charge on any atom is 0.434 e. The summed E-state index contributed by atoms with van der Waals surface area (Å²) in [6, 6.07) is 0. The minimum atomic E-state index is -4.46. The molecule has 0 aromatic carbocycles. The van der Waals surface area contributed by atoms with Gasteiger partial charge in [0.05, 0.1) is 4.88 Å². The summed E-state index contributed by atoms with van der Waals surface area (Å²) in [5.74, 6) is 0.438. The van der Waals surface area contributed by atoms with Crippen LogP contribution in [0.4, 0.5) is 13.2 Å². The lowest BCUT2D eigenvalue weighted by Gasteiger charge is -2.20. The fraction of sp³-hybridized carbons (Fsp3) is 0.538. The molecule has 0 amide bonds. The fourth-order valence-electron chi connectivity index (χ4n) is 1.71. The smallest absolute Gasteiger partial charge is 0.332 e. The highest BCUT2D eigenvalue weighted by Gasteiger charge is 2.38. The van der Waals surface area contributed by atoms with Crippen molar-refractivity contribution in [1.82, 2.24) is 19.9 Å². The highest BCUT2D eigenvalue weighted by Crippen LogP contribution is 2.37. The van der Waals surface area contributed by atoms with Crippen LogP contribution in [-0.2, 0) is 19.8 Å². The van der Waals surface area contributed by atoms with Gasteiger partial charge in [-0.25, -0.2) is 9.97 Å². The first-order chi connectivity index (χ1) is 9.58. The normalized spacial score (nSPS) is 12.9. The van der Waals surface area contributed by atoms with Gasteiger partial charge in [-0.2, -0.15) is 13.2 Å². The molecule has 0 saturated carbocycles. The minimum Gasteiger partial charge on any atom is -0.332 e. The molecule has 21 heavy (non-hydrogen) atoms. The lowest BCUT2D eigenvalue weighted by molar-refractivity contribution is -0.141. The summed E-state index contributed by atoms with van der Waals surface area (Å²) in [5.41, 5.74) is -1.10. The van der Waals surface area contributed by atoms with E-state index in [0.717, 1.165) is 11.3 Å². The molecule has 0 bridgehead atoms. The quantitative estimate of drug-likeness (QED) is 0.942. The Balaban J connectivity index is 2.39. The Kier molecular flexibility index (Phi) is 4.12. The number of aryl methyl sites for hydroxylation is 1. The first-order valence-electron chi connectivity index (χ1n) is 6.37. The number of imidazole rings is 1. The van der Waals surface area contributed by atoms with Crippen LogP contribution < -0.4 is 5.32 Å². The molecule has 0 atom stereocenters. The number of hydrogen-bond acceptors (Lipinski definition) is 4. The zero-order valence-corrected chi connectivity index (χ0v) is 13.1. The maximum absolute atomic E-state index is 13.1. The molecule has 116 valence electrons. The summed E-state index contributed by atoms with van der Waals surface area (Å²) in [6.07, 6.45) is -1.25. The molecule has 0 aliphatic heterocycles. The van der Waals surface area contributed by atoms with Crippen LogP contribution in [0, 0.1) is 0 Å². The molecule has 2 aromatic rings. The summed E-state index contributed by atoms with van der Waals surface area (Å²) < 4.78 is 41.0. The van der Waals surface area contributed by atoms with E-state index in [4.69, 9.17) is 0 Å². The molecule has 0 saturated heterocycles. The van der Waals surface area contributed by atoms with Crippen molar-refractivity contribution in [2.24, 2.45) is 7.05 Å². The van der Waals surface area contributed by atoms with Gasteiger partial charge in [-0.15, -0.1) is 11.3 Å². The Morgan fingerprint density at radius 3 is 2.43 bits per heavy atom. The van der Waals surface area contributed by atoms with E-state index in [-0.39, 0.29) is 22.0 Å². The van der Waals surface area contributed by atoms with Gasteiger partial charge in [-0.1, -0.05) is 0 Å². The summed E-state index contributed by atoms with van der Waals surface area (Å²) in [4.78, 5) is 7.99. The number of hydrogen-bond donors (Lipinski definition) is 1. The number of thiazole rings is 1. The molecule has 8 heteroatoms. The zero-order valence-electron chi connectivity index (χ0n) is 12.2. The first-order valence-corrected chi connectivity index (χ1v) is 7.19. The van der Waals surface area contributed by atoms with E-state index in [9.17, 15) is 13.2 Å². The lowest BCUT2D eigenvalue weighted by Crippen LogP contribution is -2.35. The van der Waals surface area contributed by atoms with E-state index in [1.165, 1.54) is 6.20 Å². The van der Waals surface area contributed by atoms with Gasteiger partial charge >= 0.3 is 6.18 Å². The molecule has 0 unspecified atom stereocenters. The molecule has 0 radical (unpaired) electrons. The molecular formula is C13H17F3N4S. The summed E-state index contributed by atoms with van der Waals surface area (Å²) in [7, 11) is 1.73. The predicted octanol–water partition coefficient (Wildman–Crippen LogP) is 3.45. The van der Waals surface area contributed by atoms with Gasteiger partial charge in [-0.3, -0.25) is 0 Å². The number of rotatable bonds is 3. The molecule has 0 aliphatic rings. The van der Waals surface area contributed by atoms with Gasteiger partial charge in [-0.05, 0) is 20.8 Å². The van der Waals surface area contributed by atoms with E-state index in [1.807, 2.05) is 20.8 Å². The van der Waals surface area contributed by atoms with Crippen LogP contribution in [0.5, 0.6) is 0 Å². The van der Waals surface area contributed by atoms with Crippen LogP contribution in [0.25, 0.3) is 10.8 Å². The highest BCUT2D eigenvalue weighted by atomic mass is 32.1. The maximum atomic E-state index is 13.1. The number of nitrogens with zero attached hydrogens (tertiary/aromatic N) is 3. The van der Waals surface area contributed by atoms with Crippen LogP contribution in [0.1, 0.15) is 31.3 Å². The third-order valence-electron chi connectivity index (χ3n) is 2.76. The standard InChI is InChI=1S/C13H17F3N4S/c1-12(2,3)18-7-8-9(13(14,15)16)19-11(21-8)10-17-5-6-20(10)4/h5-6,18H,7H2,1-4H3. The SMILES string of the molecule is Cn1ccnc1-c1nc(C(F)(F)F)c(CNC(C)(C)C)s1. The van der Waals surface area contributed by atoms with Crippen molar-refractivity contribution in [2.75, 3.05) is 0 Å². The van der Waals surface area contributed by atoms with Gasteiger partial charge in [0.2, 0.25) is 0 Å². The van der Waals surface area contributed by atoms with E-state index in [0.29, 0.717) is 5.82 Å². The van der Waals surface area contributed by atoms with Gasteiger partial charge < -0.3 is 9.88 Å². The van der Waals surface area contributed by atoms with E-state index in [2.05, 4.69) is 15.3 Å². The summed E-state index contributed by atoms with van der Waals surface area (Å²) in [5, 5.41) is 3.35. The number of aromatic nitrogens is 3. The minimum absolute atomic E-state index is 0.125. The Morgan fingerprint density at radius 2 is 1.95 bits per heavy atom. The van der Waals surface area contributed by atoms with E-state index >= 15 is 0 Å². The van der Waals surface area contributed by atoms with Gasteiger partial charge in [0, 0.05) is 31.5 Å². The first kappa shape index (κ1) is 16.0. The Hall–Kier alpha value is -1.41. The van der Waals surface area contributed by atoms with E-state index in [1.54, 1.807) is 17.8 Å². The van der Waals surface area contributed by atoms with Crippen molar-refractivity contribution in [3.63, 3.8) is 0 Å². The fourth-order valence-corrected chi connectivity index (χ4v) is 2.77. The van der Waals surface area contributed by atoms with Crippen molar-refractivity contribution < 1.29 is 13.2 Å². The average Bonchev–Trinajstić information content (AvgIpc) is 2.90. The predicted molar refractivity (Wildman–Crippen MR) is 75.9 cm³/mol. The van der Waals surface area contributed by atoms with Crippen LogP contribution in [-0.4, -0.2) is 20.1 Å². The van der Waals surface area contributed by atoms with Crippen molar-refractivity contribution in [3.05, 3.63) is 23.0 Å². The van der Waals surface area contributed by atoms with Crippen molar-refractivity contribution in [2.45, 2.75) is 39.0 Å². The molecular weight excluding hydrogens is 301 g/mol. The van der Waals surface area contributed by atoms with Crippen molar-refractivity contribution >= 4 is 11.3 Å². The van der Waals surface area contributed by atoms with E-state index < -0.39 is 11.9 Å². The molecule has 1 N–H and O–H groups in total. The third kappa shape index (κ3) is 3.82. The van der Waals surface area contributed by atoms with Gasteiger partial charge in [0.15, 0.2) is 16.5 Å². The molecule has 2 heterocycles. The number of alkyl halides is 3. The van der Waals surface area contributed by atoms with Crippen LogP contribution >= 0.6 is 11.3 Å². The molecule has 0 spiro atoms. The number of halogens is 3. The van der Waals surface area contributed by atoms with Crippen molar-refractivity contribution in [1.29, 1.82) is 0 Å². The van der Waals surface area contributed by atoms with Gasteiger partial charge in [0.25, 0.3) is 0 Å². The third-order valence-corrected chi connectivity index (χ3v) is 3.81. The van der Waals surface area contributed by atoms with Crippen molar-refractivity contribution in [3.8, 4) is 10.8 Å². The number of nitrogens with one attached hydrogen (secondary N) is 1. The Morgan fingerprint density at radius 1 is 1.29 bits per heavy atom. The summed E-state index contributed by atoms with van der Waals surface area (Å²) >= 11 is 1.02. The summed E-state index contributed by atoms with van der Waals surface area (Å²) in [6.45, 7) is 5.84. The molecule has 2 aromatic heterocycles. The Bertz CT molecular complexity index is 622. The van der Waals surface area contributed by atoms with Crippen LogP contribution in [0.2, 0.25) is 0 Å². The van der Waals surface area contributed by atoms with Crippen LogP contribution in [0.3, 0.4) is 0 Å².